The van der Waals surface area contributed by atoms with E-state index in [1.165, 1.54) is 26.4 Å². The average molecular weight is 458 g/mol. The van der Waals surface area contributed by atoms with E-state index in [4.69, 9.17) is 15.2 Å². The van der Waals surface area contributed by atoms with Crippen molar-refractivity contribution in [2.24, 2.45) is 0 Å². The highest BCUT2D eigenvalue weighted by molar-refractivity contribution is 7.89. The average Bonchev–Trinajstić information content (AvgIpc) is 3.22. The molecule has 0 radical (unpaired) electrons. The van der Waals surface area contributed by atoms with Gasteiger partial charge >= 0.3 is 12.1 Å². The van der Waals surface area contributed by atoms with E-state index in [1.54, 1.807) is 18.2 Å². The fraction of sp³-hybridized carbons (Fsp3) is 0.222. The van der Waals surface area contributed by atoms with Crippen LogP contribution >= 0.6 is 0 Å². The normalized spacial score (nSPS) is 12.0. The maximum Gasteiger partial charge on any atom is 0.470 e. The number of hydrogen-bond acceptors (Lipinski definition) is 8. The number of methoxy groups -OCH3 is 2. The van der Waals surface area contributed by atoms with Gasteiger partial charge in [-0.3, -0.25) is 0 Å². The predicted octanol–water partition coefficient (Wildman–Crippen LogP) is 2.83. The summed E-state index contributed by atoms with van der Waals surface area (Å²) in [7, 11) is -1.37. The predicted molar refractivity (Wildman–Crippen MR) is 103 cm³/mol. The lowest BCUT2D eigenvalue weighted by molar-refractivity contribution is -0.156. The van der Waals surface area contributed by atoms with Crippen LogP contribution in [0.2, 0.25) is 0 Å². The quantitative estimate of drug-likeness (QED) is 0.517. The van der Waals surface area contributed by atoms with Gasteiger partial charge in [0.05, 0.1) is 24.7 Å². The second-order valence-corrected chi connectivity index (χ2v) is 7.90. The number of nitrogens with one attached hydrogen (secondary N) is 1. The first-order chi connectivity index (χ1) is 14.5. The minimum atomic E-state index is -4.87. The Bertz CT molecular complexity index is 1200. The molecule has 0 atom stereocenters. The van der Waals surface area contributed by atoms with Crippen LogP contribution in [0.3, 0.4) is 0 Å². The molecule has 0 amide bonds. The monoisotopic (exact) mass is 458 g/mol. The van der Waals surface area contributed by atoms with Crippen molar-refractivity contribution < 1.29 is 35.5 Å². The Morgan fingerprint density at radius 1 is 1.10 bits per heavy atom. The fourth-order valence-electron chi connectivity index (χ4n) is 2.63. The van der Waals surface area contributed by atoms with E-state index in [2.05, 4.69) is 19.3 Å². The molecule has 31 heavy (non-hydrogen) atoms. The molecular weight excluding hydrogens is 441 g/mol. The topological polar surface area (TPSA) is 130 Å². The van der Waals surface area contributed by atoms with Gasteiger partial charge in [-0.1, -0.05) is 6.07 Å². The third-order valence-electron chi connectivity index (χ3n) is 4.14. The van der Waals surface area contributed by atoms with E-state index in [9.17, 15) is 21.6 Å². The number of nitrogens with zero attached hydrogens (tertiary/aromatic N) is 2. The van der Waals surface area contributed by atoms with Crippen LogP contribution < -0.4 is 19.9 Å². The van der Waals surface area contributed by atoms with Crippen LogP contribution in [0.1, 0.15) is 11.5 Å². The Balaban J connectivity index is 1.95. The van der Waals surface area contributed by atoms with Crippen molar-refractivity contribution in [3.05, 3.63) is 47.9 Å². The Labute approximate surface area is 175 Å². The molecule has 0 aliphatic carbocycles. The summed E-state index contributed by atoms with van der Waals surface area (Å²) in [6.07, 6.45) is -4.87. The van der Waals surface area contributed by atoms with Crippen LogP contribution in [0, 0.1) is 0 Å². The molecule has 3 rings (SSSR count). The van der Waals surface area contributed by atoms with Crippen LogP contribution in [0.15, 0.2) is 45.7 Å². The summed E-state index contributed by atoms with van der Waals surface area (Å²) in [5.74, 6) is -1.33. The minimum absolute atomic E-state index is 0.0710. The molecule has 0 bridgehead atoms. The van der Waals surface area contributed by atoms with Crippen molar-refractivity contribution in [3.8, 4) is 23.0 Å². The van der Waals surface area contributed by atoms with Crippen molar-refractivity contribution in [1.82, 2.24) is 14.9 Å². The lowest BCUT2D eigenvalue weighted by Gasteiger charge is -2.13. The molecule has 0 aliphatic rings. The van der Waals surface area contributed by atoms with Gasteiger partial charge in [0, 0.05) is 23.9 Å². The zero-order valence-corrected chi connectivity index (χ0v) is 17.0. The molecule has 166 valence electrons. The van der Waals surface area contributed by atoms with Crippen LogP contribution in [0.5, 0.6) is 11.5 Å². The van der Waals surface area contributed by atoms with E-state index in [0.717, 1.165) is 6.07 Å². The zero-order chi connectivity index (χ0) is 22.8. The Morgan fingerprint density at radius 2 is 1.84 bits per heavy atom. The van der Waals surface area contributed by atoms with E-state index < -0.39 is 32.9 Å². The summed E-state index contributed by atoms with van der Waals surface area (Å²) in [6, 6.07) is 8.38. The van der Waals surface area contributed by atoms with Gasteiger partial charge in [-0.15, -0.1) is 10.2 Å². The summed E-state index contributed by atoms with van der Waals surface area (Å²) in [5, 5.41) is 6.24. The molecule has 0 unspecified atom stereocenters. The Kier molecular flexibility index (Phi) is 6.08. The van der Waals surface area contributed by atoms with Gasteiger partial charge in [0.2, 0.25) is 15.9 Å². The highest BCUT2D eigenvalue weighted by Gasteiger charge is 2.38. The van der Waals surface area contributed by atoms with Crippen LogP contribution in [0.4, 0.5) is 18.9 Å². The van der Waals surface area contributed by atoms with Crippen molar-refractivity contribution in [2.45, 2.75) is 17.6 Å². The van der Waals surface area contributed by atoms with Gasteiger partial charge < -0.3 is 19.6 Å². The number of ether oxygens (including phenoxy) is 2. The van der Waals surface area contributed by atoms with Crippen molar-refractivity contribution in [1.29, 1.82) is 0 Å². The number of benzene rings is 2. The molecule has 0 spiro atoms. The number of halogens is 3. The molecule has 2 aromatic carbocycles. The molecule has 3 N–H and O–H groups in total. The number of rotatable bonds is 7. The van der Waals surface area contributed by atoms with Gasteiger partial charge in [-0.2, -0.15) is 13.2 Å². The second kappa shape index (κ2) is 8.43. The molecule has 1 heterocycles. The lowest BCUT2D eigenvalue weighted by atomic mass is 10.2. The number of nitrogen functional groups attached to an aromatic ring is 1. The SMILES string of the molecule is COc1ccc(CNS(=O)(=O)c2cc(N)ccc2-c2nnc(C(F)(F)F)o2)c(OC)c1. The van der Waals surface area contributed by atoms with E-state index in [1.807, 2.05) is 0 Å². The van der Waals surface area contributed by atoms with Gasteiger partial charge in [0.15, 0.2) is 0 Å². The highest BCUT2D eigenvalue weighted by atomic mass is 32.2. The van der Waals surface area contributed by atoms with Crippen LogP contribution in [-0.4, -0.2) is 32.8 Å². The molecule has 9 nitrogen and oxygen atoms in total. The molecule has 0 saturated carbocycles. The van der Waals surface area contributed by atoms with E-state index in [0.29, 0.717) is 17.1 Å². The number of sulfonamides is 1. The Morgan fingerprint density at radius 3 is 2.45 bits per heavy atom. The third-order valence-corrected chi connectivity index (χ3v) is 5.58. The summed E-state index contributed by atoms with van der Waals surface area (Å²) >= 11 is 0. The molecular formula is C18H17F3N4O5S. The molecule has 13 heteroatoms. The maximum absolute atomic E-state index is 12.9. The van der Waals surface area contributed by atoms with Crippen LogP contribution in [0.25, 0.3) is 11.5 Å². The third kappa shape index (κ3) is 4.88. The van der Waals surface area contributed by atoms with Crippen molar-refractivity contribution >= 4 is 15.7 Å². The number of nitrogens with two attached hydrogens (primary N) is 1. The summed E-state index contributed by atoms with van der Waals surface area (Å²) in [6.45, 7) is -0.179. The maximum atomic E-state index is 12.9. The second-order valence-electron chi connectivity index (χ2n) is 6.17. The number of hydrogen-bond donors (Lipinski definition) is 2. The first-order valence-electron chi connectivity index (χ1n) is 8.56. The van der Waals surface area contributed by atoms with E-state index in [-0.39, 0.29) is 17.8 Å². The number of aromatic nitrogens is 2. The first kappa shape index (κ1) is 22.4. The van der Waals surface area contributed by atoms with Gasteiger partial charge in [-0.05, 0) is 24.3 Å². The first-order valence-corrected chi connectivity index (χ1v) is 10.0. The Hall–Kier alpha value is -3.32. The van der Waals surface area contributed by atoms with Gasteiger partial charge in [-0.25, -0.2) is 13.1 Å². The molecule has 0 saturated heterocycles. The van der Waals surface area contributed by atoms with Gasteiger partial charge in [0.1, 0.15) is 11.5 Å². The van der Waals surface area contributed by atoms with E-state index >= 15 is 0 Å². The fourth-order valence-corrected chi connectivity index (χ4v) is 3.87. The summed E-state index contributed by atoms with van der Waals surface area (Å²) < 4.78 is 81.5. The molecule has 0 aliphatic heterocycles. The van der Waals surface area contributed by atoms with Crippen molar-refractivity contribution in [2.75, 3.05) is 20.0 Å². The lowest BCUT2D eigenvalue weighted by Crippen LogP contribution is -2.24. The largest absolute Gasteiger partial charge is 0.497 e. The molecule has 0 fully saturated rings. The standard InChI is InChI=1S/C18H17F3N4O5S/c1-28-12-5-3-10(14(8-12)29-2)9-23-31(26,27)15-7-11(22)4-6-13(15)16-24-25-17(30-16)18(19,20)21/h3-8,23H,9,22H2,1-2H3. The zero-order valence-electron chi connectivity index (χ0n) is 16.2. The van der Waals surface area contributed by atoms with Crippen molar-refractivity contribution in [3.63, 3.8) is 0 Å². The molecule has 1 aromatic heterocycles. The minimum Gasteiger partial charge on any atom is -0.497 e. The number of anilines is 1. The summed E-state index contributed by atoms with van der Waals surface area (Å²) in [4.78, 5) is -0.419. The van der Waals surface area contributed by atoms with Gasteiger partial charge in [0.25, 0.3) is 0 Å². The molecule has 3 aromatic rings. The highest BCUT2D eigenvalue weighted by Crippen LogP contribution is 2.33. The summed E-state index contributed by atoms with van der Waals surface area (Å²) in [5.41, 5.74) is 6.02. The number of alkyl halides is 3. The smallest absolute Gasteiger partial charge is 0.470 e. The van der Waals surface area contributed by atoms with Crippen LogP contribution in [-0.2, 0) is 22.7 Å².